The second-order valence-corrected chi connectivity index (χ2v) is 8.48. The second kappa shape index (κ2) is 8.40. The molecule has 31 heavy (non-hydrogen) atoms. The summed E-state index contributed by atoms with van der Waals surface area (Å²) in [5, 5.41) is 3.23. The Hall–Kier alpha value is -3.38. The molecular formula is C25H23N3O2S. The number of thiophene rings is 1. The molecule has 0 bridgehead atoms. The number of rotatable bonds is 4. The van der Waals surface area contributed by atoms with Crippen molar-refractivity contribution < 1.29 is 9.53 Å². The second-order valence-electron chi connectivity index (χ2n) is 7.54. The summed E-state index contributed by atoms with van der Waals surface area (Å²) >= 11 is 1.73. The number of pyridine rings is 1. The smallest absolute Gasteiger partial charge is 0.254 e. The van der Waals surface area contributed by atoms with Crippen LogP contribution in [0.25, 0.3) is 21.3 Å². The maximum absolute atomic E-state index is 12.9. The van der Waals surface area contributed by atoms with Crippen LogP contribution in [-0.4, -0.2) is 49.1 Å². The third-order valence-electron chi connectivity index (χ3n) is 5.70. The van der Waals surface area contributed by atoms with Crippen molar-refractivity contribution in [2.75, 3.05) is 38.2 Å². The maximum Gasteiger partial charge on any atom is 0.254 e. The predicted octanol–water partition coefficient (Wildman–Crippen LogP) is 4.93. The van der Waals surface area contributed by atoms with Gasteiger partial charge in [-0.25, -0.2) is 4.98 Å². The van der Waals surface area contributed by atoms with Gasteiger partial charge >= 0.3 is 0 Å². The number of piperazine rings is 1. The Morgan fingerprint density at radius 1 is 0.968 bits per heavy atom. The van der Waals surface area contributed by atoms with Crippen molar-refractivity contribution in [3.63, 3.8) is 0 Å². The molecule has 1 fully saturated rings. The normalized spacial score (nSPS) is 14.1. The molecule has 4 aromatic rings. The van der Waals surface area contributed by atoms with E-state index in [9.17, 15) is 4.79 Å². The largest absolute Gasteiger partial charge is 0.497 e. The first-order valence-corrected chi connectivity index (χ1v) is 11.2. The highest BCUT2D eigenvalue weighted by atomic mass is 32.1. The highest BCUT2D eigenvalue weighted by Gasteiger charge is 2.23. The quantitative estimate of drug-likeness (QED) is 0.461. The lowest BCUT2D eigenvalue weighted by Crippen LogP contribution is -2.49. The number of amides is 1. The lowest BCUT2D eigenvalue weighted by Gasteiger charge is -2.35. The molecule has 0 N–H and O–H groups in total. The SMILES string of the molecule is COc1cccc(C(=O)N2CCN(c3ccc4cccc(-c5cccs5)c4n3)CC2)c1. The number of hydrogen-bond acceptors (Lipinski definition) is 5. The molecule has 0 aliphatic carbocycles. The fourth-order valence-electron chi connectivity index (χ4n) is 4.02. The molecule has 5 rings (SSSR count). The molecule has 1 amide bonds. The lowest BCUT2D eigenvalue weighted by molar-refractivity contribution is 0.0746. The van der Waals surface area contributed by atoms with Gasteiger partial charge in [-0.15, -0.1) is 11.3 Å². The van der Waals surface area contributed by atoms with Crippen molar-refractivity contribution >= 4 is 34.0 Å². The number of para-hydroxylation sites is 1. The number of hydrogen-bond donors (Lipinski definition) is 0. The van der Waals surface area contributed by atoms with Gasteiger partial charge in [-0.1, -0.05) is 30.3 Å². The van der Waals surface area contributed by atoms with Crippen molar-refractivity contribution in [2.24, 2.45) is 0 Å². The number of fused-ring (bicyclic) bond motifs is 1. The Labute approximate surface area is 185 Å². The van der Waals surface area contributed by atoms with Crippen molar-refractivity contribution in [3.05, 3.63) is 77.7 Å². The Morgan fingerprint density at radius 3 is 2.58 bits per heavy atom. The molecule has 2 aromatic carbocycles. The van der Waals surface area contributed by atoms with Gasteiger partial charge in [0, 0.05) is 47.6 Å². The van der Waals surface area contributed by atoms with Crippen LogP contribution in [0.2, 0.25) is 0 Å². The van der Waals surface area contributed by atoms with Gasteiger partial charge in [-0.2, -0.15) is 0 Å². The molecule has 1 saturated heterocycles. The van der Waals surface area contributed by atoms with E-state index in [2.05, 4.69) is 52.7 Å². The van der Waals surface area contributed by atoms with Crippen LogP contribution >= 0.6 is 11.3 Å². The molecule has 0 saturated carbocycles. The molecule has 5 nitrogen and oxygen atoms in total. The molecule has 0 unspecified atom stereocenters. The molecule has 1 aliphatic heterocycles. The van der Waals surface area contributed by atoms with Crippen LogP contribution in [0.4, 0.5) is 5.82 Å². The molecule has 156 valence electrons. The molecule has 1 aliphatic rings. The minimum Gasteiger partial charge on any atom is -0.497 e. The van der Waals surface area contributed by atoms with Gasteiger partial charge < -0.3 is 14.5 Å². The average molecular weight is 430 g/mol. The first kappa shape index (κ1) is 19.6. The van der Waals surface area contributed by atoms with E-state index in [1.54, 1.807) is 24.5 Å². The molecule has 0 spiro atoms. The zero-order valence-electron chi connectivity index (χ0n) is 17.3. The van der Waals surface area contributed by atoms with E-state index in [0.717, 1.165) is 29.8 Å². The van der Waals surface area contributed by atoms with E-state index in [4.69, 9.17) is 9.72 Å². The third kappa shape index (κ3) is 3.86. The molecule has 0 atom stereocenters. The predicted molar refractivity (Wildman–Crippen MR) is 126 cm³/mol. The van der Waals surface area contributed by atoms with Gasteiger partial charge in [-0.05, 0) is 41.8 Å². The topological polar surface area (TPSA) is 45.7 Å². The Kier molecular flexibility index (Phi) is 5.30. The summed E-state index contributed by atoms with van der Waals surface area (Å²) in [7, 11) is 1.61. The first-order chi connectivity index (χ1) is 15.2. The Bertz CT molecular complexity index is 1210. The Morgan fingerprint density at radius 2 is 1.81 bits per heavy atom. The zero-order valence-corrected chi connectivity index (χ0v) is 18.1. The fourth-order valence-corrected chi connectivity index (χ4v) is 4.77. The van der Waals surface area contributed by atoms with Gasteiger partial charge in [-0.3, -0.25) is 4.79 Å². The number of methoxy groups -OCH3 is 1. The number of nitrogens with zero attached hydrogens (tertiary/aromatic N) is 3. The van der Waals surface area contributed by atoms with Crippen LogP contribution in [0.5, 0.6) is 5.75 Å². The van der Waals surface area contributed by atoms with E-state index < -0.39 is 0 Å². The van der Waals surface area contributed by atoms with E-state index in [1.165, 1.54) is 10.4 Å². The number of anilines is 1. The summed E-state index contributed by atoms with van der Waals surface area (Å²) in [5.74, 6) is 1.71. The molecule has 0 radical (unpaired) electrons. The van der Waals surface area contributed by atoms with Crippen LogP contribution in [0, 0.1) is 0 Å². The summed E-state index contributed by atoms with van der Waals surface area (Å²) < 4.78 is 5.25. The number of ether oxygens (including phenoxy) is 1. The van der Waals surface area contributed by atoms with E-state index in [0.29, 0.717) is 24.4 Å². The highest BCUT2D eigenvalue weighted by Crippen LogP contribution is 2.32. The van der Waals surface area contributed by atoms with E-state index in [-0.39, 0.29) is 5.91 Å². The van der Waals surface area contributed by atoms with Crippen molar-refractivity contribution in [1.29, 1.82) is 0 Å². The standard InChI is InChI=1S/C25H23N3O2S/c1-30-20-7-2-6-19(17-20)25(29)28-14-12-27(13-15-28)23-11-10-18-5-3-8-21(24(18)26-23)22-9-4-16-31-22/h2-11,16-17H,12-15H2,1H3. The van der Waals surface area contributed by atoms with E-state index in [1.807, 2.05) is 23.1 Å². The fraction of sp³-hybridized carbons (Fsp3) is 0.200. The van der Waals surface area contributed by atoms with Gasteiger partial charge in [0.05, 0.1) is 12.6 Å². The van der Waals surface area contributed by atoms with Gasteiger partial charge in [0.1, 0.15) is 11.6 Å². The van der Waals surface area contributed by atoms with Crippen molar-refractivity contribution in [3.8, 4) is 16.2 Å². The number of benzene rings is 2. The monoisotopic (exact) mass is 429 g/mol. The minimum absolute atomic E-state index is 0.0463. The van der Waals surface area contributed by atoms with Crippen LogP contribution in [0.3, 0.4) is 0 Å². The number of aromatic nitrogens is 1. The third-order valence-corrected chi connectivity index (χ3v) is 6.60. The highest BCUT2D eigenvalue weighted by molar-refractivity contribution is 7.13. The summed E-state index contributed by atoms with van der Waals surface area (Å²) in [6, 6.07) is 22.1. The summed E-state index contributed by atoms with van der Waals surface area (Å²) in [6.07, 6.45) is 0. The lowest BCUT2D eigenvalue weighted by atomic mass is 10.1. The van der Waals surface area contributed by atoms with Gasteiger partial charge in [0.15, 0.2) is 0 Å². The maximum atomic E-state index is 12.9. The Balaban J connectivity index is 1.34. The summed E-state index contributed by atoms with van der Waals surface area (Å²) in [4.78, 5) is 23.3. The molecule has 3 heterocycles. The summed E-state index contributed by atoms with van der Waals surface area (Å²) in [5.41, 5.74) is 2.86. The molecular weight excluding hydrogens is 406 g/mol. The van der Waals surface area contributed by atoms with Crippen LogP contribution < -0.4 is 9.64 Å². The van der Waals surface area contributed by atoms with Crippen molar-refractivity contribution in [2.45, 2.75) is 0 Å². The summed E-state index contributed by atoms with van der Waals surface area (Å²) in [6.45, 7) is 2.86. The van der Waals surface area contributed by atoms with E-state index >= 15 is 0 Å². The van der Waals surface area contributed by atoms with Crippen LogP contribution in [0.1, 0.15) is 10.4 Å². The minimum atomic E-state index is 0.0463. The zero-order chi connectivity index (χ0) is 21.2. The van der Waals surface area contributed by atoms with Crippen molar-refractivity contribution in [1.82, 2.24) is 9.88 Å². The first-order valence-electron chi connectivity index (χ1n) is 10.3. The number of carbonyl (C=O) groups excluding carboxylic acids is 1. The molecule has 2 aromatic heterocycles. The van der Waals surface area contributed by atoms with Crippen LogP contribution in [-0.2, 0) is 0 Å². The van der Waals surface area contributed by atoms with Gasteiger partial charge in [0.25, 0.3) is 5.91 Å². The number of carbonyl (C=O) groups is 1. The van der Waals surface area contributed by atoms with Gasteiger partial charge in [0.2, 0.25) is 0 Å². The average Bonchev–Trinajstić information content (AvgIpc) is 3.38. The van der Waals surface area contributed by atoms with Crippen LogP contribution in [0.15, 0.2) is 72.1 Å². The molecule has 6 heteroatoms.